The van der Waals surface area contributed by atoms with Crippen LogP contribution in [0.2, 0.25) is 10.0 Å². The maximum absolute atomic E-state index is 13.4. The lowest BCUT2D eigenvalue weighted by Gasteiger charge is -2.30. The molecule has 38 heavy (non-hydrogen) atoms. The second-order valence-electron chi connectivity index (χ2n) is 8.99. The van der Waals surface area contributed by atoms with E-state index in [1.165, 1.54) is 9.21 Å². The van der Waals surface area contributed by atoms with Gasteiger partial charge in [0.25, 0.3) is 0 Å². The number of nitrogens with zero attached hydrogens (tertiary/aromatic N) is 2. The Morgan fingerprint density at radius 2 is 1.79 bits per heavy atom. The molecule has 0 aromatic heterocycles. The maximum Gasteiger partial charge on any atom is 0.242 e. The Bertz CT molecular complexity index is 1260. The van der Waals surface area contributed by atoms with Crippen LogP contribution in [0.25, 0.3) is 0 Å². The first-order valence-corrected chi connectivity index (χ1v) is 15.0. The van der Waals surface area contributed by atoms with Gasteiger partial charge in [-0.15, -0.1) is 0 Å². The molecule has 0 saturated heterocycles. The summed E-state index contributed by atoms with van der Waals surface area (Å²) >= 11 is 12.4. The number of sulfonamides is 1. The molecule has 0 spiro atoms. The van der Waals surface area contributed by atoms with Crippen molar-refractivity contribution in [2.45, 2.75) is 45.7 Å². The molecule has 1 N–H and O–H groups in total. The number of nitrogens with one attached hydrogen (secondary N) is 1. The predicted octanol–water partition coefficient (Wildman–Crippen LogP) is 4.25. The van der Waals surface area contributed by atoms with E-state index in [4.69, 9.17) is 32.7 Å². The van der Waals surface area contributed by atoms with Crippen LogP contribution in [0.1, 0.15) is 38.7 Å². The number of carbonyl (C=O) groups is 2. The predicted molar refractivity (Wildman–Crippen MR) is 149 cm³/mol. The monoisotopic (exact) mass is 585 g/mol. The summed E-state index contributed by atoms with van der Waals surface area (Å²) in [5, 5.41) is 3.67. The van der Waals surface area contributed by atoms with Crippen molar-refractivity contribution in [1.29, 1.82) is 0 Å². The average Bonchev–Trinajstić information content (AvgIpc) is 2.87. The second kappa shape index (κ2) is 13.4. The molecule has 3 rings (SSSR count). The topological polar surface area (TPSA) is 105 Å². The molecule has 1 aliphatic heterocycles. The number of amides is 2. The van der Waals surface area contributed by atoms with Gasteiger partial charge in [-0.2, -0.15) is 0 Å². The van der Waals surface area contributed by atoms with Gasteiger partial charge in [-0.05, 0) is 49.6 Å². The van der Waals surface area contributed by atoms with Gasteiger partial charge in [0.05, 0.1) is 11.9 Å². The van der Waals surface area contributed by atoms with Crippen LogP contribution in [-0.4, -0.2) is 63.7 Å². The Kier molecular flexibility index (Phi) is 10.5. The van der Waals surface area contributed by atoms with E-state index in [9.17, 15) is 18.0 Å². The fraction of sp³-hybridized carbons (Fsp3) is 0.462. The number of carbonyl (C=O) groups excluding carboxylic acids is 2. The SMILES string of the molecule is CCCNC(=O)[C@H](C)N(Cc1ccc(Cl)cc1Cl)C(=O)CCCN(c1ccc2c(c1)OCCO2)S(C)(=O)=O. The Balaban J connectivity index is 1.75. The third kappa shape index (κ3) is 7.91. The van der Waals surface area contributed by atoms with Crippen LogP contribution in [0.4, 0.5) is 5.69 Å². The highest BCUT2D eigenvalue weighted by Gasteiger charge is 2.27. The first kappa shape index (κ1) is 29.9. The zero-order valence-electron chi connectivity index (χ0n) is 21.7. The van der Waals surface area contributed by atoms with Gasteiger partial charge in [0.15, 0.2) is 11.5 Å². The minimum Gasteiger partial charge on any atom is -0.486 e. The molecule has 2 amide bonds. The fourth-order valence-corrected chi connectivity index (χ4v) is 5.43. The van der Waals surface area contributed by atoms with Crippen LogP contribution in [0.3, 0.4) is 0 Å². The van der Waals surface area contributed by atoms with Gasteiger partial charge in [-0.1, -0.05) is 36.2 Å². The summed E-state index contributed by atoms with van der Waals surface area (Å²) < 4.78 is 37.5. The molecule has 0 aliphatic carbocycles. The first-order valence-electron chi connectivity index (χ1n) is 12.4. The summed E-state index contributed by atoms with van der Waals surface area (Å²) in [4.78, 5) is 27.6. The van der Waals surface area contributed by atoms with Crippen molar-refractivity contribution in [2.24, 2.45) is 0 Å². The number of rotatable bonds is 12. The summed E-state index contributed by atoms with van der Waals surface area (Å²) in [5.41, 5.74) is 1.06. The Hall–Kier alpha value is -2.69. The number of ether oxygens (including phenoxy) is 2. The summed E-state index contributed by atoms with van der Waals surface area (Å²) in [6, 6.07) is 9.14. The quantitative estimate of drug-likeness (QED) is 0.399. The molecular formula is C26H33Cl2N3O6S. The molecule has 1 heterocycles. The molecule has 0 unspecified atom stereocenters. The zero-order chi connectivity index (χ0) is 27.9. The van der Waals surface area contributed by atoms with Crippen LogP contribution >= 0.6 is 23.2 Å². The lowest BCUT2D eigenvalue weighted by Crippen LogP contribution is -2.48. The number of hydrogen-bond donors (Lipinski definition) is 1. The van der Waals surface area contributed by atoms with E-state index in [2.05, 4.69) is 5.32 Å². The molecule has 2 aromatic carbocycles. The summed E-state index contributed by atoms with van der Waals surface area (Å²) in [6.07, 6.45) is 2.12. The molecule has 0 saturated carbocycles. The molecule has 0 bridgehead atoms. The van der Waals surface area contributed by atoms with Crippen molar-refractivity contribution < 1.29 is 27.5 Å². The molecule has 0 fully saturated rings. The van der Waals surface area contributed by atoms with E-state index in [1.807, 2.05) is 6.92 Å². The molecule has 1 atom stereocenters. The van der Waals surface area contributed by atoms with E-state index in [0.29, 0.717) is 52.6 Å². The van der Waals surface area contributed by atoms with Crippen LogP contribution in [-0.2, 0) is 26.2 Å². The molecule has 12 heteroatoms. The van der Waals surface area contributed by atoms with E-state index < -0.39 is 16.1 Å². The molecule has 2 aromatic rings. The number of benzene rings is 2. The minimum absolute atomic E-state index is 0.0210. The van der Waals surface area contributed by atoms with Crippen molar-refractivity contribution in [3.05, 3.63) is 52.0 Å². The van der Waals surface area contributed by atoms with E-state index in [0.717, 1.165) is 12.7 Å². The van der Waals surface area contributed by atoms with Crippen molar-refractivity contribution in [3.63, 3.8) is 0 Å². The standard InChI is InChI=1S/C26H33Cl2N3O6S/c1-4-11-29-26(33)18(2)30(17-19-7-8-20(27)15-22(19)28)25(32)6-5-12-31(38(3,34)35)21-9-10-23-24(16-21)37-14-13-36-23/h7-10,15-16,18H,4-6,11-14,17H2,1-3H3,(H,29,33)/t18-/m0/s1. The first-order chi connectivity index (χ1) is 18.0. The lowest BCUT2D eigenvalue weighted by atomic mass is 10.1. The van der Waals surface area contributed by atoms with Gasteiger partial charge in [-0.25, -0.2) is 8.42 Å². The van der Waals surface area contributed by atoms with Crippen LogP contribution in [0.15, 0.2) is 36.4 Å². The highest BCUT2D eigenvalue weighted by atomic mass is 35.5. The highest BCUT2D eigenvalue weighted by molar-refractivity contribution is 7.92. The molecule has 208 valence electrons. The molecule has 0 radical (unpaired) electrons. The minimum atomic E-state index is -3.64. The zero-order valence-corrected chi connectivity index (χ0v) is 24.0. The molecule has 1 aliphatic rings. The van der Waals surface area contributed by atoms with Crippen LogP contribution in [0, 0.1) is 0 Å². The average molecular weight is 587 g/mol. The van der Waals surface area contributed by atoms with Crippen LogP contribution < -0.4 is 19.1 Å². The molecular weight excluding hydrogens is 553 g/mol. The van der Waals surface area contributed by atoms with Gasteiger partial charge in [0, 0.05) is 42.2 Å². The Morgan fingerprint density at radius 3 is 2.45 bits per heavy atom. The van der Waals surface area contributed by atoms with E-state index >= 15 is 0 Å². The second-order valence-corrected chi connectivity index (χ2v) is 11.7. The van der Waals surface area contributed by atoms with Gasteiger partial charge >= 0.3 is 0 Å². The third-order valence-electron chi connectivity index (χ3n) is 6.04. The Labute approximate surface area is 234 Å². The van der Waals surface area contributed by atoms with Crippen molar-refractivity contribution in [3.8, 4) is 11.5 Å². The van der Waals surface area contributed by atoms with Gasteiger partial charge < -0.3 is 19.7 Å². The van der Waals surface area contributed by atoms with Gasteiger partial charge in [0.1, 0.15) is 19.3 Å². The lowest BCUT2D eigenvalue weighted by molar-refractivity contribution is -0.140. The summed E-state index contributed by atoms with van der Waals surface area (Å²) in [5.74, 6) is 0.442. The summed E-state index contributed by atoms with van der Waals surface area (Å²) in [6.45, 7) is 5.06. The summed E-state index contributed by atoms with van der Waals surface area (Å²) in [7, 11) is -3.64. The third-order valence-corrected chi connectivity index (χ3v) is 7.82. The maximum atomic E-state index is 13.4. The normalized spacial score (nSPS) is 13.5. The largest absolute Gasteiger partial charge is 0.486 e. The number of anilines is 1. The van der Waals surface area contributed by atoms with Gasteiger partial charge in [-0.3, -0.25) is 13.9 Å². The Morgan fingerprint density at radius 1 is 1.08 bits per heavy atom. The van der Waals surface area contributed by atoms with Crippen molar-refractivity contribution >= 4 is 50.7 Å². The van der Waals surface area contributed by atoms with E-state index in [-0.39, 0.29) is 37.7 Å². The number of fused-ring (bicyclic) bond motifs is 1. The van der Waals surface area contributed by atoms with Crippen molar-refractivity contribution in [1.82, 2.24) is 10.2 Å². The number of halogens is 2. The molecule has 9 nitrogen and oxygen atoms in total. The van der Waals surface area contributed by atoms with Crippen molar-refractivity contribution in [2.75, 3.05) is 36.9 Å². The number of hydrogen-bond acceptors (Lipinski definition) is 6. The van der Waals surface area contributed by atoms with Crippen LogP contribution in [0.5, 0.6) is 11.5 Å². The smallest absolute Gasteiger partial charge is 0.242 e. The van der Waals surface area contributed by atoms with E-state index in [1.54, 1.807) is 43.3 Å². The highest BCUT2D eigenvalue weighted by Crippen LogP contribution is 2.35. The van der Waals surface area contributed by atoms with Gasteiger partial charge in [0.2, 0.25) is 21.8 Å². The fourth-order valence-electron chi connectivity index (χ4n) is 4.00.